The zero-order valence-electron chi connectivity index (χ0n) is 13.1. The Morgan fingerprint density at radius 1 is 1.04 bits per heavy atom. The lowest BCUT2D eigenvalue weighted by molar-refractivity contribution is 0.576. The van der Waals surface area contributed by atoms with Crippen molar-refractivity contribution in [3.8, 4) is 0 Å². The van der Waals surface area contributed by atoms with Crippen LogP contribution in [0.2, 0.25) is 0 Å². The number of hydrogen-bond donors (Lipinski definition) is 0. The van der Waals surface area contributed by atoms with Gasteiger partial charge in [-0.3, -0.25) is 0 Å². The number of rotatable bonds is 7. The molecule has 1 aromatic carbocycles. The molecule has 1 heterocycles. The van der Waals surface area contributed by atoms with Crippen LogP contribution in [0.3, 0.4) is 0 Å². The van der Waals surface area contributed by atoms with Crippen LogP contribution >= 0.6 is 11.3 Å². The lowest BCUT2D eigenvalue weighted by atomic mass is 10.2. The minimum atomic E-state index is -3.63. The number of aryl methyl sites for hydroxylation is 1. The van der Waals surface area contributed by atoms with Crippen molar-refractivity contribution in [2.24, 2.45) is 0 Å². The van der Waals surface area contributed by atoms with Gasteiger partial charge in [-0.15, -0.1) is 11.3 Å². The maximum Gasteiger partial charge on any atom is 0.186 e. The molecule has 0 amide bonds. The summed E-state index contributed by atoms with van der Waals surface area (Å²) in [7, 11) is -6.84. The molecule has 0 saturated carbocycles. The lowest BCUT2D eigenvalue weighted by Crippen LogP contribution is -2.18. The minimum Gasteiger partial charge on any atom is -0.229 e. The molecule has 2 rings (SSSR count). The summed E-state index contributed by atoms with van der Waals surface area (Å²) in [5.41, 5.74) is 0.977. The average molecular weight is 373 g/mol. The van der Waals surface area contributed by atoms with E-state index in [0.717, 1.165) is 5.56 Å². The summed E-state index contributed by atoms with van der Waals surface area (Å²) >= 11 is 1.34. The lowest BCUT2D eigenvalue weighted by Gasteiger charge is -2.16. The van der Waals surface area contributed by atoms with E-state index >= 15 is 0 Å². The molecular formula is C16H20O4S3. The first kappa shape index (κ1) is 18.2. The molecule has 7 heteroatoms. The molecule has 1 aromatic heterocycles. The Morgan fingerprint density at radius 3 is 2.22 bits per heavy atom. The minimum absolute atomic E-state index is 0.0226. The zero-order chi connectivity index (χ0) is 17.1. The molecule has 0 radical (unpaired) electrons. The quantitative estimate of drug-likeness (QED) is 0.747. The topological polar surface area (TPSA) is 68.3 Å². The second-order valence-electron chi connectivity index (χ2n) is 5.39. The van der Waals surface area contributed by atoms with Gasteiger partial charge in [0.25, 0.3) is 0 Å². The highest BCUT2D eigenvalue weighted by Crippen LogP contribution is 2.34. The van der Waals surface area contributed by atoms with Gasteiger partial charge in [-0.25, -0.2) is 16.8 Å². The summed E-state index contributed by atoms with van der Waals surface area (Å²) in [4.78, 5) is 0.910. The maximum atomic E-state index is 13.0. The number of hydrogen-bond acceptors (Lipinski definition) is 5. The van der Waals surface area contributed by atoms with E-state index in [2.05, 4.69) is 0 Å². The molecule has 0 aliphatic carbocycles. The van der Waals surface area contributed by atoms with E-state index in [1.165, 1.54) is 11.3 Å². The second kappa shape index (κ2) is 7.15. The molecule has 4 nitrogen and oxygen atoms in total. The van der Waals surface area contributed by atoms with Gasteiger partial charge < -0.3 is 0 Å². The van der Waals surface area contributed by atoms with Crippen LogP contribution < -0.4 is 0 Å². The Bertz CT molecular complexity index is 833. The molecule has 23 heavy (non-hydrogen) atoms. The molecule has 126 valence electrons. The van der Waals surface area contributed by atoms with E-state index in [-0.39, 0.29) is 22.8 Å². The molecule has 0 spiro atoms. The monoisotopic (exact) mass is 372 g/mol. The van der Waals surface area contributed by atoms with Crippen molar-refractivity contribution in [2.45, 2.75) is 30.4 Å². The van der Waals surface area contributed by atoms with Gasteiger partial charge in [-0.05, 0) is 36.9 Å². The predicted octanol–water partition coefficient (Wildman–Crippen LogP) is 3.40. The van der Waals surface area contributed by atoms with Gasteiger partial charge in [0.15, 0.2) is 9.84 Å². The Morgan fingerprint density at radius 2 is 1.70 bits per heavy atom. The molecule has 1 unspecified atom stereocenters. The average Bonchev–Trinajstić information content (AvgIpc) is 3.01. The van der Waals surface area contributed by atoms with E-state index in [4.69, 9.17) is 0 Å². The SMILES string of the molecule is CCS(=O)(=O)CCC(c1cccs1)S(=O)(=O)c1ccc(C)cc1. The Kier molecular flexibility index (Phi) is 5.65. The van der Waals surface area contributed by atoms with Gasteiger partial charge in [0.2, 0.25) is 0 Å². The first-order valence-corrected chi connectivity index (χ1v) is 11.6. The van der Waals surface area contributed by atoms with Crippen LogP contribution in [0.25, 0.3) is 0 Å². The Hall–Kier alpha value is -1.18. The van der Waals surface area contributed by atoms with E-state index < -0.39 is 24.9 Å². The van der Waals surface area contributed by atoms with Crippen LogP contribution in [0.1, 0.15) is 29.0 Å². The van der Waals surface area contributed by atoms with E-state index in [9.17, 15) is 16.8 Å². The van der Waals surface area contributed by atoms with Crippen molar-refractivity contribution in [3.63, 3.8) is 0 Å². The number of thiophene rings is 1. The van der Waals surface area contributed by atoms with Crippen LogP contribution in [-0.2, 0) is 19.7 Å². The van der Waals surface area contributed by atoms with E-state index in [1.807, 2.05) is 6.92 Å². The van der Waals surface area contributed by atoms with Gasteiger partial charge >= 0.3 is 0 Å². The molecule has 0 fully saturated rings. The summed E-state index contributed by atoms with van der Waals surface area (Å²) in [5.74, 6) is -0.105. The third kappa shape index (κ3) is 4.43. The molecule has 2 aromatic rings. The standard InChI is InChI=1S/C16H20O4S3/c1-3-22(17,18)12-10-16(15-5-4-11-21-15)23(19,20)14-8-6-13(2)7-9-14/h4-9,11,16H,3,10,12H2,1-2H3. The zero-order valence-corrected chi connectivity index (χ0v) is 15.5. The number of benzene rings is 1. The predicted molar refractivity (Wildman–Crippen MR) is 94.4 cm³/mol. The van der Waals surface area contributed by atoms with Gasteiger partial charge in [0, 0.05) is 10.6 Å². The normalized spacial score (nSPS) is 13.8. The summed E-state index contributed by atoms with van der Waals surface area (Å²) in [6, 6.07) is 10.2. The first-order chi connectivity index (χ1) is 10.8. The van der Waals surface area contributed by atoms with Crippen molar-refractivity contribution in [3.05, 3.63) is 52.2 Å². The second-order valence-corrected chi connectivity index (χ2v) is 11.0. The maximum absolute atomic E-state index is 13.0. The summed E-state index contributed by atoms with van der Waals surface area (Å²) < 4.78 is 49.5. The smallest absolute Gasteiger partial charge is 0.186 e. The highest BCUT2D eigenvalue weighted by atomic mass is 32.2. The molecule has 0 bridgehead atoms. The molecule has 0 N–H and O–H groups in total. The fourth-order valence-corrected chi connectivity index (χ4v) is 6.22. The van der Waals surface area contributed by atoms with Crippen LogP contribution in [-0.4, -0.2) is 28.3 Å². The van der Waals surface area contributed by atoms with E-state index in [1.54, 1.807) is 48.7 Å². The Balaban J connectivity index is 2.39. The highest BCUT2D eigenvalue weighted by Gasteiger charge is 2.31. The van der Waals surface area contributed by atoms with Crippen molar-refractivity contribution >= 4 is 31.0 Å². The fourth-order valence-electron chi connectivity index (χ4n) is 2.25. The van der Waals surface area contributed by atoms with E-state index in [0.29, 0.717) is 4.88 Å². The molecule has 0 saturated heterocycles. The van der Waals surface area contributed by atoms with Crippen LogP contribution in [0.5, 0.6) is 0 Å². The third-order valence-electron chi connectivity index (χ3n) is 3.72. The van der Waals surface area contributed by atoms with Gasteiger partial charge in [0.05, 0.1) is 10.6 Å². The van der Waals surface area contributed by atoms with Crippen LogP contribution in [0.15, 0.2) is 46.7 Å². The Labute approximate surface area is 142 Å². The third-order valence-corrected chi connectivity index (χ3v) is 8.76. The van der Waals surface area contributed by atoms with Crippen molar-refractivity contribution in [1.82, 2.24) is 0 Å². The van der Waals surface area contributed by atoms with Gasteiger partial charge in [-0.1, -0.05) is 30.7 Å². The van der Waals surface area contributed by atoms with Crippen molar-refractivity contribution < 1.29 is 16.8 Å². The summed E-state index contributed by atoms with van der Waals surface area (Å²) in [6.07, 6.45) is 0.0763. The number of sulfone groups is 2. The van der Waals surface area contributed by atoms with Crippen LogP contribution in [0, 0.1) is 6.92 Å². The fraction of sp³-hybridized carbons (Fsp3) is 0.375. The largest absolute Gasteiger partial charge is 0.229 e. The summed E-state index contributed by atoms with van der Waals surface area (Å²) in [6.45, 7) is 3.46. The van der Waals surface area contributed by atoms with Crippen molar-refractivity contribution in [2.75, 3.05) is 11.5 Å². The van der Waals surface area contributed by atoms with Crippen LogP contribution in [0.4, 0.5) is 0 Å². The highest BCUT2D eigenvalue weighted by molar-refractivity contribution is 7.92. The van der Waals surface area contributed by atoms with Gasteiger partial charge in [-0.2, -0.15) is 0 Å². The molecular weight excluding hydrogens is 352 g/mol. The van der Waals surface area contributed by atoms with Gasteiger partial charge in [0.1, 0.15) is 15.1 Å². The molecule has 0 aliphatic rings. The molecule has 0 aliphatic heterocycles. The molecule has 1 atom stereocenters. The first-order valence-electron chi connectivity index (χ1n) is 7.30. The summed E-state index contributed by atoms with van der Waals surface area (Å²) in [5, 5.41) is 0.980. The van der Waals surface area contributed by atoms with Crippen molar-refractivity contribution in [1.29, 1.82) is 0 Å².